The predicted octanol–water partition coefficient (Wildman–Crippen LogP) is 3.64. The molecule has 1 saturated heterocycles. The molecule has 4 nitrogen and oxygen atoms in total. The minimum absolute atomic E-state index is 0.344. The van der Waals surface area contributed by atoms with E-state index in [2.05, 4.69) is 0 Å². The summed E-state index contributed by atoms with van der Waals surface area (Å²) in [5.41, 5.74) is 0. The Balaban J connectivity index is 1.61. The molecule has 0 aromatic rings. The van der Waals surface area contributed by atoms with Gasteiger partial charge in [0, 0.05) is 6.42 Å². The van der Waals surface area contributed by atoms with Crippen LogP contribution < -0.4 is 0 Å². The molecule has 0 aromatic carbocycles. The van der Waals surface area contributed by atoms with Gasteiger partial charge in [0.2, 0.25) is 5.79 Å². The van der Waals surface area contributed by atoms with Crippen LogP contribution in [0.3, 0.4) is 0 Å². The molecule has 1 atom stereocenters. The minimum atomic E-state index is -0.652. The van der Waals surface area contributed by atoms with Gasteiger partial charge in [-0.3, -0.25) is 0 Å². The van der Waals surface area contributed by atoms with Crippen LogP contribution in [0.5, 0.6) is 0 Å². The van der Waals surface area contributed by atoms with Gasteiger partial charge in [0.05, 0.1) is 6.61 Å². The van der Waals surface area contributed by atoms with E-state index in [0.717, 1.165) is 18.8 Å². The zero-order valence-corrected chi connectivity index (χ0v) is 11.3. The molecule has 0 radical (unpaired) electrons. The van der Waals surface area contributed by atoms with Gasteiger partial charge < -0.3 is 14.2 Å². The molecule has 0 aromatic heterocycles. The van der Waals surface area contributed by atoms with Crippen molar-refractivity contribution >= 4 is 6.16 Å². The van der Waals surface area contributed by atoms with Crippen LogP contribution in [-0.2, 0) is 14.2 Å². The van der Waals surface area contributed by atoms with Gasteiger partial charge in [-0.1, -0.05) is 38.5 Å². The minimum Gasteiger partial charge on any atom is -0.435 e. The molecule has 1 aliphatic carbocycles. The molecule has 1 heterocycles. The van der Waals surface area contributed by atoms with Crippen molar-refractivity contribution in [3.05, 3.63) is 0 Å². The zero-order chi connectivity index (χ0) is 12.8. The fourth-order valence-electron chi connectivity index (χ4n) is 2.77. The maximum atomic E-state index is 11.2. The molecule has 1 aliphatic heterocycles. The highest BCUT2D eigenvalue weighted by atomic mass is 16.8. The maximum absolute atomic E-state index is 11.2. The van der Waals surface area contributed by atoms with Gasteiger partial charge in [-0.2, -0.15) is 0 Å². The normalized spacial score (nSPS) is 27.8. The molecule has 0 spiro atoms. The number of hydrogen-bond donors (Lipinski definition) is 0. The fraction of sp³-hybridized carbons (Fsp3) is 0.929. The summed E-state index contributed by atoms with van der Waals surface area (Å²) in [6, 6.07) is 0. The number of hydrogen-bond acceptors (Lipinski definition) is 4. The Bertz CT molecular complexity index is 267. The van der Waals surface area contributed by atoms with Crippen LogP contribution in [0.1, 0.15) is 58.3 Å². The molecule has 1 saturated carbocycles. The molecule has 0 N–H and O–H groups in total. The molecule has 2 aliphatic rings. The lowest BCUT2D eigenvalue weighted by Crippen LogP contribution is -2.22. The Morgan fingerprint density at radius 3 is 2.67 bits per heavy atom. The topological polar surface area (TPSA) is 48.1 Å². The van der Waals surface area contributed by atoms with Gasteiger partial charge in [-0.05, 0) is 19.3 Å². The Hall–Kier alpha value is -0.770. The van der Waals surface area contributed by atoms with Crippen molar-refractivity contribution in [2.75, 3.05) is 13.2 Å². The third-order valence-electron chi connectivity index (χ3n) is 3.89. The highest BCUT2D eigenvalue weighted by Crippen LogP contribution is 2.36. The fourth-order valence-corrected chi connectivity index (χ4v) is 2.77. The predicted molar refractivity (Wildman–Crippen MR) is 67.2 cm³/mol. The number of epoxide rings is 1. The third-order valence-corrected chi connectivity index (χ3v) is 3.89. The molecule has 4 heteroatoms. The second kappa shape index (κ2) is 6.41. The summed E-state index contributed by atoms with van der Waals surface area (Å²) in [5.74, 6) is 0.220. The van der Waals surface area contributed by atoms with Gasteiger partial charge in [0.15, 0.2) is 0 Å². The van der Waals surface area contributed by atoms with Gasteiger partial charge in [-0.15, -0.1) is 0 Å². The summed E-state index contributed by atoms with van der Waals surface area (Å²) in [6.45, 7) is 2.64. The summed E-state index contributed by atoms with van der Waals surface area (Å²) in [6.07, 6.45) is 9.41. The molecular weight excluding hydrogens is 232 g/mol. The number of carbonyl (C=O) groups is 1. The molecule has 104 valence electrons. The standard InChI is InChI=1S/C14H24O4/c1-2-16-13(15)18-14(11-17-14)10-6-9-12-7-4-3-5-8-12/h12H,2-11H2,1H3. The van der Waals surface area contributed by atoms with E-state index in [1.165, 1.54) is 38.5 Å². The van der Waals surface area contributed by atoms with Crippen molar-refractivity contribution < 1.29 is 19.0 Å². The van der Waals surface area contributed by atoms with E-state index < -0.39 is 11.9 Å². The summed E-state index contributed by atoms with van der Waals surface area (Å²) in [7, 11) is 0. The van der Waals surface area contributed by atoms with Crippen LogP contribution in [-0.4, -0.2) is 25.2 Å². The van der Waals surface area contributed by atoms with Crippen molar-refractivity contribution in [3.8, 4) is 0 Å². The largest absolute Gasteiger partial charge is 0.510 e. The van der Waals surface area contributed by atoms with Crippen molar-refractivity contribution in [3.63, 3.8) is 0 Å². The lowest BCUT2D eigenvalue weighted by molar-refractivity contribution is -0.0386. The molecule has 2 rings (SSSR count). The van der Waals surface area contributed by atoms with Crippen LogP contribution >= 0.6 is 0 Å². The third kappa shape index (κ3) is 4.16. The Morgan fingerprint density at radius 2 is 2.06 bits per heavy atom. The molecule has 18 heavy (non-hydrogen) atoms. The summed E-state index contributed by atoms with van der Waals surface area (Å²) >= 11 is 0. The van der Waals surface area contributed by atoms with Crippen molar-refractivity contribution in [1.29, 1.82) is 0 Å². The van der Waals surface area contributed by atoms with E-state index in [1.807, 2.05) is 0 Å². The first-order chi connectivity index (χ1) is 8.74. The highest BCUT2D eigenvalue weighted by Gasteiger charge is 2.49. The Kier molecular flexibility index (Phi) is 4.87. The lowest BCUT2D eigenvalue weighted by atomic mass is 9.85. The summed E-state index contributed by atoms with van der Waals surface area (Å²) in [4.78, 5) is 11.2. The lowest BCUT2D eigenvalue weighted by Gasteiger charge is -2.21. The average molecular weight is 256 g/mol. The quantitative estimate of drug-likeness (QED) is 0.537. The van der Waals surface area contributed by atoms with Crippen LogP contribution in [0.15, 0.2) is 0 Å². The first kappa shape index (κ1) is 13.7. The van der Waals surface area contributed by atoms with E-state index in [0.29, 0.717) is 13.2 Å². The molecule has 0 amide bonds. The number of rotatable bonds is 6. The van der Waals surface area contributed by atoms with Crippen LogP contribution in [0.25, 0.3) is 0 Å². The van der Waals surface area contributed by atoms with Crippen LogP contribution in [0.4, 0.5) is 4.79 Å². The Labute approximate surface area is 109 Å². The summed E-state index contributed by atoms with van der Waals surface area (Å²) in [5, 5.41) is 0. The summed E-state index contributed by atoms with van der Waals surface area (Å²) < 4.78 is 15.2. The van der Waals surface area contributed by atoms with Crippen molar-refractivity contribution in [2.45, 2.75) is 64.1 Å². The second-order valence-corrected chi connectivity index (χ2v) is 5.38. The van der Waals surface area contributed by atoms with Crippen LogP contribution in [0.2, 0.25) is 0 Å². The molecule has 0 bridgehead atoms. The monoisotopic (exact) mass is 256 g/mol. The molecule has 1 unspecified atom stereocenters. The van der Waals surface area contributed by atoms with Gasteiger partial charge in [0.1, 0.15) is 6.61 Å². The first-order valence-corrected chi connectivity index (χ1v) is 7.24. The molecular formula is C14H24O4. The van der Waals surface area contributed by atoms with Crippen LogP contribution in [0, 0.1) is 5.92 Å². The van der Waals surface area contributed by atoms with E-state index in [-0.39, 0.29) is 0 Å². The SMILES string of the molecule is CCOC(=O)OC1(CCCC2CCCCC2)CO1. The smallest absolute Gasteiger partial charge is 0.435 e. The van der Waals surface area contributed by atoms with Gasteiger partial charge in [-0.25, -0.2) is 4.79 Å². The van der Waals surface area contributed by atoms with E-state index >= 15 is 0 Å². The highest BCUT2D eigenvalue weighted by molar-refractivity contribution is 5.60. The van der Waals surface area contributed by atoms with Gasteiger partial charge in [0.25, 0.3) is 0 Å². The van der Waals surface area contributed by atoms with E-state index in [9.17, 15) is 4.79 Å². The van der Waals surface area contributed by atoms with Crippen molar-refractivity contribution in [2.24, 2.45) is 5.92 Å². The van der Waals surface area contributed by atoms with E-state index in [4.69, 9.17) is 14.2 Å². The second-order valence-electron chi connectivity index (χ2n) is 5.38. The van der Waals surface area contributed by atoms with E-state index in [1.54, 1.807) is 6.92 Å². The zero-order valence-electron chi connectivity index (χ0n) is 11.3. The average Bonchev–Trinajstić information content (AvgIpc) is 3.10. The van der Waals surface area contributed by atoms with Gasteiger partial charge >= 0.3 is 6.16 Å². The van der Waals surface area contributed by atoms with Crippen molar-refractivity contribution in [1.82, 2.24) is 0 Å². The number of ether oxygens (including phenoxy) is 3. The maximum Gasteiger partial charge on any atom is 0.510 e. The Morgan fingerprint density at radius 1 is 1.33 bits per heavy atom. The molecule has 2 fully saturated rings. The first-order valence-electron chi connectivity index (χ1n) is 7.24. The number of carbonyl (C=O) groups excluding carboxylic acids is 1.